The van der Waals surface area contributed by atoms with Crippen LogP contribution in [0, 0.1) is 11.3 Å². The number of carbonyl (C=O) groups is 1. The van der Waals surface area contributed by atoms with Crippen molar-refractivity contribution >= 4 is 5.91 Å². The van der Waals surface area contributed by atoms with Crippen molar-refractivity contribution in [1.29, 1.82) is 5.26 Å². The average molecular weight is 268 g/mol. The van der Waals surface area contributed by atoms with Crippen LogP contribution in [-0.2, 0) is 9.53 Å². The van der Waals surface area contributed by atoms with E-state index in [0.717, 1.165) is 39.4 Å². The number of carbonyl (C=O) groups excluding carboxylic acids is 1. The number of nitriles is 1. The quantitative estimate of drug-likeness (QED) is 0.653. The monoisotopic (exact) mass is 268 g/mol. The highest BCUT2D eigenvalue weighted by atomic mass is 16.5. The number of nitrogens with zero attached hydrogens (tertiary/aromatic N) is 3. The van der Waals surface area contributed by atoms with Crippen LogP contribution in [0.4, 0.5) is 0 Å². The summed E-state index contributed by atoms with van der Waals surface area (Å²) in [5.74, 6) is 0.0744. The van der Waals surface area contributed by atoms with Gasteiger partial charge in [-0.05, 0) is 6.54 Å². The van der Waals surface area contributed by atoms with Crippen LogP contribution in [0.15, 0.2) is 0 Å². The Morgan fingerprint density at radius 2 is 2.16 bits per heavy atom. The summed E-state index contributed by atoms with van der Waals surface area (Å²) in [6.07, 6.45) is 0.390. The van der Waals surface area contributed by atoms with Gasteiger partial charge in [0.05, 0.1) is 32.2 Å². The molecule has 0 bridgehead atoms. The summed E-state index contributed by atoms with van der Waals surface area (Å²) < 4.78 is 5.30. The molecule has 6 heteroatoms. The molecule has 1 fully saturated rings. The van der Waals surface area contributed by atoms with Crippen LogP contribution in [0.1, 0.15) is 13.3 Å². The molecular formula is C13H24N4O2. The topological polar surface area (TPSA) is 68.6 Å². The van der Waals surface area contributed by atoms with Crippen LogP contribution >= 0.6 is 0 Å². The van der Waals surface area contributed by atoms with E-state index in [4.69, 9.17) is 10.00 Å². The first-order chi connectivity index (χ1) is 9.27. The molecule has 1 N–H and O–H groups in total. The Hall–Kier alpha value is -1.16. The number of hydrogen-bond donors (Lipinski definition) is 1. The van der Waals surface area contributed by atoms with Crippen molar-refractivity contribution in [2.24, 2.45) is 0 Å². The van der Waals surface area contributed by atoms with Gasteiger partial charge in [-0.3, -0.25) is 9.69 Å². The molecule has 0 spiro atoms. The Kier molecular flexibility index (Phi) is 8.14. The van der Waals surface area contributed by atoms with Crippen molar-refractivity contribution in [3.63, 3.8) is 0 Å². The van der Waals surface area contributed by atoms with Crippen LogP contribution in [0.3, 0.4) is 0 Å². The molecule has 0 aromatic heterocycles. The minimum atomic E-state index is 0.0744. The zero-order valence-corrected chi connectivity index (χ0v) is 11.7. The van der Waals surface area contributed by atoms with Gasteiger partial charge in [-0.1, -0.05) is 6.92 Å². The first-order valence-corrected chi connectivity index (χ1v) is 6.93. The highest BCUT2D eigenvalue weighted by molar-refractivity contribution is 5.78. The van der Waals surface area contributed by atoms with Gasteiger partial charge in [-0.2, -0.15) is 5.26 Å². The summed E-state index contributed by atoms with van der Waals surface area (Å²) >= 11 is 0. The third-order valence-electron chi connectivity index (χ3n) is 3.16. The number of hydrogen-bond acceptors (Lipinski definition) is 5. The Bertz CT molecular complexity index is 298. The van der Waals surface area contributed by atoms with Crippen LogP contribution < -0.4 is 5.32 Å². The van der Waals surface area contributed by atoms with Crippen LogP contribution in [0.25, 0.3) is 0 Å². The van der Waals surface area contributed by atoms with E-state index in [-0.39, 0.29) is 5.91 Å². The van der Waals surface area contributed by atoms with E-state index in [1.165, 1.54) is 0 Å². The summed E-state index contributed by atoms with van der Waals surface area (Å²) in [5.41, 5.74) is 0. The second-order valence-electron chi connectivity index (χ2n) is 4.52. The first-order valence-electron chi connectivity index (χ1n) is 6.93. The maximum Gasteiger partial charge on any atom is 0.236 e. The largest absolute Gasteiger partial charge is 0.379 e. The van der Waals surface area contributed by atoms with Crippen molar-refractivity contribution in [2.45, 2.75) is 13.3 Å². The summed E-state index contributed by atoms with van der Waals surface area (Å²) in [7, 11) is 0. The fourth-order valence-corrected chi connectivity index (χ4v) is 1.98. The minimum absolute atomic E-state index is 0.0744. The fraction of sp³-hybridized carbons (Fsp3) is 0.846. The molecule has 1 rings (SSSR count). The van der Waals surface area contributed by atoms with Gasteiger partial charge >= 0.3 is 0 Å². The number of ether oxygens (including phenoxy) is 1. The SMILES string of the molecule is CCNCC(=O)N(CCC#N)CCN1CCOCC1. The third kappa shape index (κ3) is 6.53. The molecule has 6 nitrogen and oxygen atoms in total. The van der Waals surface area contributed by atoms with E-state index >= 15 is 0 Å². The molecule has 0 aromatic carbocycles. The van der Waals surface area contributed by atoms with Crippen molar-refractivity contribution in [2.75, 3.05) is 59.0 Å². The molecule has 0 aliphatic carbocycles. The van der Waals surface area contributed by atoms with E-state index in [1.54, 1.807) is 4.90 Å². The van der Waals surface area contributed by atoms with Gasteiger partial charge in [0.25, 0.3) is 0 Å². The maximum atomic E-state index is 12.0. The molecule has 108 valence electrons. The van der Waals surface area contributed by atoms with Gasteiger partial charge < -0.3 is 15.0 Å². The Balaban J connectivity index is 2.34. The molecule has 0 atom stereocenters. The van der Waals surface area contributed by atoms with Gasteiger partial charge in [0, 0.05) is 32.7 Å². The van der Waals surface area contributed by atoms with Gasteiger partial charge in [0.15, 0.2) is 0 Å². The molecule has 1 aliphatic rings. The molecular weight excluding hydrogens is 244 g/mol. The highest BCUT2D eigenvalue weighted by Crippen LogP contribution is 1.99. The van der Waals surface area contributed by atoms with E-state index in [9.17, 15) is 4.79 Å². The van der Waals surface area contributed by atoms with Crippen molar-refractivity contribution in [3.05, 3.63) is 0 Å². The summed E-state index contributed by atoms with van der Waals surface area (Å²) in [6.45, 7) is 8.55. The Labute approximate surface area is 115 Å². The molecule has 1 saturated heterocycles. The molecule has 1 heterocycles. The van der Waals surface area contributed by atoms with E-state index in [1.807, 2.05) is 6.92 Å². The van der Waals surface area contributed by atoms with Gasteiger partial charge in [-0.25, -0.2) is 0 Å². The first kappa shape index (κ1) is 15.9. The number of rotatable bonds is 8. The predicted octanol–water partition coefficient (Wildman–Crippen LogP) is -0.330. The Morgan fingerprint density at radius 3 is 2.79 bits per heavy atom. The second-order valence-corrected chi connectivity index (χ2v) is 4.52. The van der Waals surface area contributed by atoms with E-state index in [0.29, 0.717) is 26.1 Å². The lowest BCUT2D eigenvalue weighted by atomic mass is 10.3. The van der Waals surface area contributed by atoms with E-state index < -0.39 is 0 Å². The zero-order valence-electron chi connectivity index (χ0n) is 11.7. The molecule has 0 aromatic rings. The number of morpholine rings is 1. The summed E-state index contributed by atoms with van der Waals surface area (Å²) in [4.78, 5) is 16.1. The zero-order chi connectivity index (χ0) is 13.9. The third-order valence-corrected chi connectivity index (χ3v) is 3.16. The summed E-state index contributed by atoms with van der Waals surface area (Å²) in [6, 6.07) is 2.10. The lowest BCUT2D eigenvalue weighted by Crippen LogP contribution is -2.45. The molecule has 1 amide bonds. The maximum absolute atomic E-state index is 12.0. The van der Waals surface area contributed by atoms with E-state index in [2.05, 4.69) is 16.3 Å². The number of nitrogens with one attached hydrogen (secondary N) is 1. The fourth-order valence-electron chi connectivity index (χ4n) is 1.98. The lowest BCUT2D eigenvalue weighted by Gasteiger charge is -2.30. The van der Waals surface area contributed by atoms with Crippen LogP contribution in [0.2, 0.25) is 0 Å². The number of amides is 1. The van der Waals surface area contributed by atoms with Crippen molar-refractivity contribution in [1.82, 2.24) is 15.1 Å². The van der Waals surface area contributed by atoms with Gasteiger partial charge in [0.2, 0.25) is 5.91 Å². The van der Waals surface area contributed by atoms with Gasteiger partial charge in [0.1, 0.15) is 0 Å². The highest BCUT2D eigenvalue weighted by Gasteiger charge is 2.15. The molecule has 0 saturated carbocycles. The smallest absolute Gasteiger partial charge is 0.236 e. The lowest BCUT2D eigenvalue weighted by molar-refractivity contribution is -0.130. The van der Waals surface area contributed by atoms with Crippen molar-refractivity contribution in [3.8, 4) is 6.07 Å². The van der Waals surface area contributed by atoms with Crippen LogP contribution in [-0.4, -0.2) is 74.7 Å². The normalized spacial score (nSPS) is 16.0. The number of likely N-dealkylation sites (N-methyl/N-ethyl adjacent to an activating group) is 1. The molecule has 0 radical (unpaired) electrons. The second kappa shape index (κ2) is 9.73. The predicted molar refractivity (Wildman–Crippen MR) is 72.6 cm³/mol. The van der Waals surface area contributed by atoms with Crippen molar-refractivity contribution < 1.29 is 9.53 Å². The van der Waals surface area contributed by atoms with Gasteiger partial charge in [-0.15, -0.1) is 0 Å². The average Bonchev–Trinajstić information content (AvgIpc) is 2.46. The standard InChI is InChI=1S/C13H24N4O2/c1-2-15-12-13(18)17(5-3-4-14)7-6-16-8-10-19-11-9-16/h15H,2-3,5-12H2,1H3. The molecule has 0 unspecified atom stereocenters. The molecule has 19 heavy (non-hydrogen) atoms. The minimum Gasteiger partial charge on any atom is -0.379 e. The summed E-state index contributed by atoms with van der Waals surface area (Å²) in [5, 5.41) is 11.7. The Morgan fingerprint density at radius 1 is 1.42 bits per heavy atom. The molecule has 1 aliphatic heterocycles. The van der Waals surface area contributed by atoms with Crippen LogP contribution in [0.5, 0.6) is 0 Å².